The maximum atomic E-state index is 11.0. The van der Waals surface area contributed by atoms with Gasteiger partial charge in [0.25, 0.3) is 0 Å². The van der Waals surface area contributed by atoms with Gasteiger partial charge in [-0.25, -0.2) is 0 Å². The van der Waals surface area contributed by atoms with Crippen molar-refractivity contribution in [2.45, 2.75) is 51.9 Å². The molecule has 1 aliphatic rings. The van der Waals surface area contributed by atoms with E-state index in [1.165, 1.54) is 32.1 Å². The van der Waals surface area contributed by atoms with Gasteiger partial charge < -0.3 is 9.47 Å². The number of rotatable bonds is 12. The first-order chi connectivity index (χ1) is 10.8. The molecule has 0 aromatic rings. The third-order valence-corrected chi connectivity index (χ3v) is 3.71. The third-order valence-electron chi connectivity index (χ3n) is 3.47. The fourth-order valence-corrected chi connectivity index (χ4v) is 2.37. The Kier molecular flexibility index (Phi) is 10.7. The highest BCUT2D eigenvalue weighted by Gasteiger charge is 2.11. The lowest BCUT2D eigenvalue weighted by molar-refractivity contribution is -0.104. The molecule has 0 N–H and O–H groups in total. The number of aldehydes is 1. The van der Waals surface area contributed by atoms with E-state index < -0.39 is 0 Å². The predicted octanol–water partition coefficient (Wildman–Crippen LogP) is 4.55. The number of carbonyl (C=O) groups is 1. The van der Waals surface area contributed by atoms with E-state index in [4.69, 9.17) is 9.47 Å². The molecule has 1 rings (SSSR count). The number of allylic oxidation sites excluding steroid dienone is 4. The van der Waals surface area contributed by atoms with Crippen LogP contribution in [0.5, 0.6) is 0 Å². The molecule has 124 valence electrons. The standard InChI is InChI=1S/C18H29O3P/c1-2-3-4-5-6-7-11-20-17-10-8-9-16(15-19)14-18(17)21-12-13-22/h8-9,14-15H,2-7,10-13,22H2,1H3. The molecule has 22 heavy (non-hydrogen) atoms. The molecular weight excluding hydrogens is 295 g/mol. The normalized spacial score (nSPS) is 14.5. The fourth-order valence-electron chi connectivity index (χ4n) is 2.25. The van der Waals surface area contributed by atoms with E-state index in [1.807, 2.05) is 12.2 Å². The zero-order valence-corrected chi connectivity index (χ0v) is 14.8. The highest BCUT2D eigenvalue weighted by Crippen LogP contribution is 2.20. The molecule has 1 unspecified atom stereocenters. The molecule has 0 fully saturated rings. The van der Waals surface area contributed by atoms with E-state index in [2.05, 4.69) is 16.2 Å². The number of unbranched alkanes of at least 4 members (excludes halogenated alkanes) is 5. The van der Waals surface area contributed by atoms with Gasteiger partial charge in [0.1, 0.15) is 12.0 Å². The minimum Gasteiger partial charge on any atom is -0.494 e. The minimum atomic E-state index is 0.604. The molecule has 0 heterocycles. The Morgan fingerprint density at radius 2 is 1.91 bits per heavy atom. The van der Waals surface area contributed by atoms with E-state index in [-0.39, 0.29) is 0 Å². The molecule has 0 saturated carbocycles. The SMILES string of the molecule is CCCCCCCCOC1=C(OCCP)C=C(C=O)C=CC1. The summed E-state index contributed by atoms with van der Waals surface area (Å²) in [5.74, 6) is 1.53. The number of hydrogen-bond acceptors (Lipinski definition) is 3. The van der Waals surface area contributed by atoms with Crippen LogP contribution in [0.2, 0.25) is 0 Å². The second kappa shape index (κ2) is 12.5. The van der Waals surface area contributed by atoms with Gasteiger partial charge in [-0.3, -0.25) is 4.79 Å². The van der Waals surface area contributed by atoms with Gasteiger partial charge in [0.15, 0.2) is 5.76 Å². The molecule has 0 aromatic heterocycles. The van der Waals surface area contributed by atoms with Crippen LogP contribution in [0.3, 0.4) is 0 Å². The third kappa shape index (κ3) is 7.79. The van der Waals surface area contributed by atoms with Crippen molar-refractivity contribution in [1.29, 1.82) is 0 Å². The Labute approximate surface area is 137 Å². The van der Waals surface area contributed by atoms with Gasteiger partial charge >= 0.3 is 0 Å². The van der Waals surface area contributed by atoms with Crippen molar-refractivity contribution in [3.8, 4) is 0 Å². The number of hydrogen-bond donors (Lipinski definition) is 0. The smallest absolute Gasteiger partial charge is 0.157 e. The molecule has 0 amide bonds. The maximum Gasteiger partial charge on any atom is 0.157 e. The second-order valence-electron chi connectivity index (χ2n) is 5.41. The fraction of sp³-hybridized carbons (Fsp3) is 0.611. The summed E-state index contributed by atoms with van der Waals surface area (Å²) in [6, 6.07) is 0. The Morgan fingerprint density at radius 1 is 1.14 bits per heavy atom. The highest BCUT2D eigenvalue weighted by molar-refractivity contribution is 7.16. The van der Waals surface area contributed by atoms with Crippen LogP contribution in [0.25, 0.3) is 0 Å². The lowest BCUT2D eigenvalue weighted by Gasteiger charge is -2.13. The Bertz CT molecular complexity index is 411. The van der Waals surface area contributed by atoms with E-state index >= 15 is 0 Å². The average Bonchev–Trinajstić information content (AvgIpc) is 2.74. The second-order valence-corrected chi connectivity index (χ2v) is 5.99. The summed E-state index contributed by atoms with van der Waals surface area (Å²) < 4.78 is 11.6. The molecule has 0 bridgehead atoms. The largest absolute Gasteiger partial charge is 0.494 e. The predicted molar refractivity (Wildman–Crippen MR) is 94.8 cm³/mol. The molecule has 0 spiro atoms. The molecular formula is C18H29O3P. The zero-order chi connectivity index (χ0) is 16.0. The molecule has 4 heteroatoms. The zero-order valence-electron chi connectivity index (χ0n) is 13.7. The Morgan fingerprint density at radius 3 is 2.64 bits per heavy atom. The number of ether oxygens (including phenoxy) is 2. The van der Waals surface area contributed by atoms with Crippen LogP contribution in [-0.4, -0.2) is 25.7 Å². The molecule has 0 saturated heterocycles. The summed E-state index contributed by atoms with van der Waals surface area (Å²) in [7, 11) is 2.64. The van der Waals surface area contributed by atoms with Crippen LogP contribution < -0.4 is 0 Å². The molecule has 1 aliphatic carbocycles. The summed E-state index contributed by atoms with van der Waals surface area (Å²) in [6.45, 7) is 3.55. The molecule has 0 radical (unpaired) electrons. The van der Waals surface area contributed by atoms with Gasteiger partial charge in [-0.2, -0.15) is 0 Å². The Hall–Kier alpha value is -1.08. The first-order valence-corrected chi connectivity index (χ1v) is 9.15. The van der Waals surface area contributed by atoms with Crippen LogP contribution in [0.4, 0.5) is 0 Å². The summed E-state index contributed by atoms with van der Waals surface area (Å²) >= 11 is 0. The lowest BCUT2D eigenvalue weighted by Crippen LogP contribution is -2.03. The summed E-state index contributed by atoms with van der Waals surface area (Å²) in [4.78, 5) is 11.0. The minimum absolute atomic E-state index is 0.604. The van der Waals surface area contributed by atoms with E-state index in [0.717, 1.165) is 24.6 Å². The lowest BCUT2D eigenvalue weighted by atomic mass is 10.1. The average molecular weight is 324 g/mol. The monoisotopic (exact) mass is 324 g/mol. The molecule has 0 aromatic carbocycles. The first-order valence-electron chi connectivity index (χ1n) is 8.34. The van der Waals surface area contributed by atoms with Crippen molar-refractivity contribution in [3.63, 3.8) is 0 Å². The summed E-state index contributed by atoms with van der Waals surface area (Å²) in [5.41, 5.74) is 0.622. The van der Waals surface area contributed by atoms with Crippen LogP contribution in [-0.2, 0) is 14.3 Å². The quantitative estimate of drug-likeness (QED) is 0.300. The van der Waals surface area contributed by atoms with E-state index in [0.29, 0.717) is 31.0 Å². The maximum absolute atomic E-state index is 11.0. The van der Waals surface area contributed by atoms with Gasteiger partial charge in [0.05, 0.1) is 13.2 Å². The molecule has 1 atom stereocenters. The van der Waals surface area contributed by atoms with Crippen LogP contribution in [0, 0.1) is 0 Å². The van der Waals surface area contributed by atoms with Crippen molar-refractivity contribution in [2.75, 3.05) is 19.4 Å². The van der Waals surface area contributed by atoms with Gasteiger partial charge in [0, 0.05) is 12.0 Å². The van der Waals surface area contributed by atoms with Crippen molar-refractivity contribution in [1.82, 2.24) is 0 Å². The van der Waals surface area contributed by atoms with E-state index in [1.54, 1.807) is 6.08 Å². The van der Waals surface area contributed by atoms with Crippen LogP contribution in [0.15, 0.2) is 35.3 Å². The van der Waals surface area contributed by atoms with E-state index in [9.17, 15) is 4.79 Å². The van der Waals surface area contributed by atoms with Crippen molar-refractivity contribution in [2.24, 2.45) is 0 Å². The van der Waals surface area contributed by atoms with Gasteiger partial charge in [-0.15, -0.1) is 9.24 Å². The Balaban J connectivity index is 2.47. The number of carbonyl (C=O) groups excluding carboxylic acids is 1. The van der Waals surface area contributed by atoms with Crippen LogP contribution >= 0.6 is 9.24 Å². The topological polar surface area (TPSA) is 35.5 Å². The van der Waals surface area contributed by atoms with Crippen molar-refractivity contribution >= 4 is 15.5 Å². The summed E-state index contributed by atoms with van der Waals surface area (Å²) in [5, 5.41) is 0. The molecule has 3 nitrogen and oxygen atoms in total. The van der Waals surface area contributed by atoms with Crippen molar-refractivity contribution in [3.05, 3.63) is 35.3 Å². The van der Waals surface area contributed by atoms with Gasteiger partial charge in [0.2, 0.25) is 0 Å². The van der Waals surface area contributed by atoms with Gasteiger partial charge in [-0.1, -0.05) is 51.2 Å². The molecule has 0 aliphatic heterocycles. The summed E-state index contributed by atoms with van der Waals surface area (Å²) in [6.07, 6.45) is 15.4. The highest BCUT2D eigenvalue weighted by atomic mass is 31.0. The van der Waals surface area contributed by atoms with Gasteiger partial charge in [-0.05, 0) is 18.7 Å². The van der Waals surface area contributed by atoms with Crippen LogP contribution in [0.1, 0.15) is 51.9 Å². The first kappa shape index (κ1) is 19.0. The van der Waals surface area contributed by atoms with Crippen molar-refractivity contribution < 1.29 is 14.3 Å².